The molecule has 0 saturated carbocycles. The van der Waals surface area contributed by atoms with E-state index in [0.29, 0.717) is 13.2 Å². The van der Waals surface area contributed by atoms with Crippen molar-refractivity contribution >= 4 is 19.7 Å². The van der Waals surface area contributed by atoms with E-state index in [0.717, 1.165) is 12.8 Å². The lowest BCUT2D eigenvalue weighted by Gasteiger charge is -2.12. The monoisotopic (exact) mass is 228 g/mol. The molecule has 3 nitrogen and oxygen atoms in total. The van der Waals surface area contributed by atoms with Crippen molar-refractivity contribution in [2.24, 2.45) is 5.92 Å². The first-order valence-electron chi connectivity index (χ1n) is 4.49. The molecule has 0 aliphatic heterocycles. The molecule has 0 spiro atoms. The van der Waals surface area contributed by atoms with Crippen LogP contribution in [-0.2, 0) is 13.8 Å². The molecule has 1 unspecified atom stereocenters. The smallest absolute Gasteiger partial charge is 0.232 e. The standard InChI is InChI=1S/C8H17ClO3S/c1-3-5-12-6-8(4-2)7-13(9,10)11/h8H,3-7H2,1-2H3. The largest absolute Gasteiger partial charge is 0.381 e. The van der Waals surface area contributed by atoms with Crippen molar-refractivity contribution in [2.75, 3.05) is 19.0 Å². The maximum Gasteiger partial charge on any atom is 0.232 e. The first-order valence-corrected chi connectivity index (χ1v) is 6.97. The molecule has 0 aromatic carbocycles. The number of hydrogen-bond donors (Lipinski definition) is 0. The highest BCUT2D eigenvalue weighted by Crippen LogP contribution is 2.10. The van der Waals surface area contributed by atoms with Gasteiger partial charge < -0.3 is 4.74 Å². The molecule has 0 aromatic heterocycles. The number of hydrogen-bond acceptors (Lipinski definition) is 3. The zero-order chi connectivity index (χ0) is 10.3. The van der Waals surface area contributed by atoms with Crippen LogP contribution >= 0.6 is 10.7 Å². The van der Waals surface area contributed by atoms with Crippen LogP contribution in [0.15, 0.2) is 0 Å². The third-order valence-electron chi connectivity index (χ3n) is 1.71. The maximum absolute atomic E-state index is 10.7. The second-order valence-corrected chi connectivity index (χ2v) is 5.88. The minimum atomic E-state index is -3.38. The molecular weight excluding hydrogens is 212 g/mol. The lowest BCUT2D eigenvalue weighted by molar-refractivity contribution is 0.105. The second kappa shape index (κ2) is 6.62. The molecule has 0 radical (unpaired) electrons. The van der Waals surface area contributed by atoms with Gasteiger partial charge in [0.1, 0.15) is 0 Å². The summed E-state index contributed by atoms with van der Waals surface area (Å²) >= 11 is 0. The van der Waals surface area contributed by atoms with Crippen LogP contribution in [0.2, 0.25) is 0 Å². The van der Waals surface area contributed by atoms with Gasteiger partial charge in [0.2, 0.25) is 9.05 Å². The average Bonchev–Trinajstić information content (AvgIpc) is 2.01. The summed E-state index contributed by atoms with van der Waals surface area (Å²) in [6, 6.07) is 0. The van der Waals surface area contributed by atoms with Gasteiger partial charge >= 0.3 is 0 Å². The van der Waals surface area contributed by atoms with E-state index < -0.39 is 9.05 Å². The lowest BCUT2D eigenvalue weighted by Crippen LogP contribution is -2.17. The van der Waals surface area contributed by atoms with Crippen LogP contribution in [0, 0.1) is 5.92 Å². The molecule has 0 heterocycles. The Labute approximate surface area is 84.8 Å². The van der Waals surface area contributed by atoms with E-state index >= 15 is 0 Å². The summed E-state index contributed by atoms with van der Waals surface area (Å²) in [6.45, 7) is 5.11. The van der Waals surface area contributed by atoms with Crippen molar-refractivity contribution in [3.63, 3.8) is 0 Å². The summed E-state index contributed by atoms with van der Waals surface area (Å²) in [5.74, 6) is 0.0310. The Morgan fingerprint density at radius 2 is 2.00 bits per heavy atom. The summed E-state index contributed by atoms with van der Waals surface area (Å²) in [5.41, 5.74) is 0. The fourth-order valence-electron chi connectivity index (χ4n) is 0.960. The van der Waals surface area contributed by atoms with E-state index in [1.807, 2.05) is 13.8 Å². The van der Waals surface area contributed by atoms with Gasteiger partial charge in [-0.05, 0) is 12.3 Å². The third kappa shape index (κ3) is 8.53. The Morgan fingerprint density at radius 3 is 2.38 bits per heavy atom. The molecule has 0 bridgehead atoms. The molecule has 5 heteroatoms. The molecule has 0 N–H and O–H groups in total. The normalized spacial score (nSPS) is 14.4. The Bertz CT molecular complexity index is 213. The fourth-order valence-corrected chi connectivity index (χ4v) is 2.39. The molecule has 0 fully saturated rings. The van der Waals surface area contributed by atoms with Crippen LogP contribution in [-0.4, -0.2) is 27.4 Å². The van der Waals surface area contributed by atoms with Gasteiger partial charge in [0.05, 0.1) is 12.4 Å². The summed E-state index contributed by atoms with van der Waals surface area (Å²) in [6.07, 6.45) is 1.72. The average molecular weight is 229 g/mol. The van der Waals surface area contributed by atoms with Gasteiger partial charge in [-0.2, -0.15) is 0 Å². The van der Waals surface area contributed by atoms with E-state index in [9.17, 15) is 8.42 Å². The minimum absolute atomic E-state index is 0.00870. The molecule has 0 aromatic rings. The predicted molar refractivity (Wildman–Crippen MR) is 54.5 cm³/mol. The van der Waals surface area contributed by atoms with Gasteiger partial charge in [0.25, 0.3) is 0 Å². The lowest BCUT2D eigenvalue weighted by atomic mass is 10.1. The minimum Gasteiger partial charge on any atom is -0.381 e. The van der Waals surface area contributed by atoms with E-state index in [1.165, 1.54) is 0 Å². The summed E-state index contributed by atoms with van der Waals surface area (Å²) in [7, 11) is 1.76. The van der Waals surface area contributed by atoms with Crippen LogP contribution in [0.3, 0.4) is 0 Å². The van der Waals surface area contributed by atoms with Crippen molar-refractivity contribution in [3.8, 4) is 0 Å². The molecule has 0 rings (SSSR count). The van der Waals surface area contributed by atoms with E-state index in [4.69, 9.17) is 15.4 Å². The highest BCUT2D eigenvalue weighted by molar-refractivity contribution is 8.13. The molecule has 0 aliphatic rings. The van der Waals surface area contributed by atoms with Gasteiger partial charge in [0.15, 0.2) is 0 Å². The van der Waals surface area contributed by atoms with Gasteiger partial charge in [-0.1, -0.05) is 20.3 Å². The van der Waals surface area contributed by atoms with Crippen LogP contribution in [0.25, 0.3) is 0 Å². The van der Waals surface area contributed by atoms with E-state index in [-0.39, 0.29) is 11.7 Å². The molecule has 80 valence electrons. The van der Waals surface area contributed by atoms with Crippen LogP contribution in [0.1, 0.15) is 26.7 Å². The van der Waals surface area contributed by atoms with E-state index in [2.05, 4.69) is 0 Å². The van der Waals surface area contributed by atoms with Crippen LogP contribution in [0.5, 0.6) is 0 Å². The van der Waals surface area contributed by atoms with Gasteiger partial charge in [-0.15, -0.1) is 0 Å². The molecule has 0 aliphatic carbocycles. The van der Waals surface area contributed by atoms with Crippen LogP contribution < -0.4 is 0 Å². The zero-order valence-electron chi connectivity index (χ0n) is 8.12. The molecule has 1 atom stereocenters. The second-order valence-electron chi connectivity index (χ2n) is 3.05. The molecule has 13 heavy (non-hydrogen) atoms. The Balaban J connectivity index is 3.77. The first kappa shape index (κ1) is 13.2. The maximum atomic E-state index is 10.7. The molecular formula is C8H17ClO3S. The van der Waals surface area contributed by atoms with Crippen molar-refractivity contribution in [2.45, 2.75) is 26.7 Å². The third-order valence-corrected chi connectivity index (χ3v) is 2.96. The highest BCUT2D eigenvalue weighted by Gasteiger charge is 2.15. The van der Waals surface area contributed by atoms with Gasteiger partial charge in [-0.3, -0.25) is 0 Å². The number of rotatable bonds is 7. The topological polar surface area (TPSA) is 43.4 Å². The first-order chi connectivity index (χ1) is 5.99. The van der Waals surface area contributed by atoms with E-state index in [1.54, 1.807) is 0 Å². The number of ether oxygens (including phenoxy) is 1. The highest BCUT2D eigenvalue weighted by atomic mass is 35.7. The van der Waals surface area contributed by atoms with Gasteiger partial charge in [-0.25, -0.2) is 8.42 Å². The molecule has 0 saturated heterocycles. The number of halogens is 1. The summed E-state index contributed by atoms with van der Waals surface area (Å²) in [4.78, 5) is 0. The van der Waals surface area contributed by atoms with Crippen molar-refractivity contribution in [3.05, 3.63) is 0 Å². The summed E-state index contributed by atoms with van der Waals surface area (Å²) in [5, 5.41) is 0. The fraction of sp³-hybridized carbons (Fsp3) is 1.00. The Morgan fingerprint density at radius 1 is 1.38 bits per heavy atom. The SMILES string of the molecule is CCCOCC(CC)CS(=O)(=O)Cl. The van der Waals surface area contributed by atoms with Crippen molar-refractivity contribution in [1.29, 1.82) is 0 Å². The zero-order valence-corrected chi connectivity index (χ0v) is 9.70. The quantitative estimate of drug-likeness (QED) is 0.495. The van der Waals surface area contributed by atoms with Gasteiger partial charge in [0, 0.05) is 17.3 Å². The van der Waals surface area contributed by atoms with Crippen molar-refractivity contribution < 1.29 is 13.2 Å². The Kier molecular flexibility index (Phi) is 6.73. The Hall–Kier alpha value is 0.200. The van der Waals surface area contributed by atoms with Crippen molar-refractivity contribution in [1.82, 2.24) is 0 Å². The predicted octanol–water partition coefficient (Wildman–Crippen LogP) is 2.01. The molecule has 0 amide bonds. The summed E-state index contributed by atoms with van der Waals surface area (Å²) < 4.78 is 26.7. The van der Waals surface area contributed by atoms with Crippen LogP contribution in [0.4, 0.5) is 0 Å².